The zero-order chi connectivity index (χ0) is 17.5. The normalized spacial score (nSPS) is 10.1. The quantitative estimate of drug-likeness (QED) is 0.825. The first-order chi connectivity index (χ1) is 11.5. The van der Waals surface area contributed by atoms with Crippen molar-refractivity contribution >= 4 is 5.91 Å². The van der Waals surface area contributed by atoms with Gasteiger partial charge in [-0.1, -0.05) is 12.1 Å². The van der Waals surface area contributed by atoms with Crippen molar-refractivity contribution in [3.8, 4) is 11.8 Å². The maximum absolute atomic E-state index is 12.0. The van der Waals surface area contributed by atoms with Crippen LogP contribution in [0.4, 0.5) is 0 Å². The summed E-state index contributed by atoms with van der Waals surface area (Å²) in [5.74, 6) is 0.732. The van der Waals surface area contributed by atoms with Gasteiger partial charge in [0, 0.05) is 12.1 Å². The third-order valence-corrected chi connectivity index (χ3v) is 3.88. The molecule has 124 valence electrons. The van der Waals surface area contributed by atoms with Crippen molar-refractivity contribution in [1.82, 2.24) is 5.32 Å². The van der Waals surface area contributed by atoms with E-state index in [-0.39, 0.29) is 5.91 Å². The molecular formula is C20H22N2O2. The third-order valence-electron chi connectivity index (χ3n) is 3.88. The highest BCUT2D eigenvalue weighted by Gasteiger charge is 2.06. The number of carbonyl (C=O) groups excluding carboxylic acids is 1. The van der Waals surface area contributed by atoms with Crippen molar-refractivity contribution in [3.05, 3.63) is 64.2 Å². The summed E-state index contributed by atoms with van der Waals surface area (Å²) >= 11 is 0. The molecule has 0 unspecified atom stereocenters. The van der Waals surface area contributed by atoms with Crippen LogP contribution in [-0.2, 0) is 0 Å². The van der Waals surface area contributed by atoms with Crippen molar-refractivity contribution in [1.29, 1.82) is 5.26 Å². The first kappa shape index (κ1) is 17.6. The first-order valence-corrected chi connectivity index (χ1v) is 8.00. The van der Waals surface area contributed by atoms with Gasteiger partial charge in [0.1, 0.15) is 5.75 Å². The highest BCUT2D eigenvalue weighted by molar-refractivity contribution is 5.94. The standard InChI is InChI=1S/C20H22N2O2/c1-14-10-15(2)16(3)19(11-14)24-9-5-8-22-20(23)18-7-4-6-17(12-18)13-21/h4,6-7,10-12H,5,8-9H2,1-3H3,(H,22,23). The summed E-state index contributed by atoms with van der Waals surface area (Å²) in [6.07, 6.45) is 0.718. The summed E-state index contributed by atoms with van der Waals surface area (Å²) in [4.78, 5) is 12.0. The van der Waals surface area contributed by atoms with Crippen molar-refractivity contribution in [2.75, 3.05) is 13.2 Å². The van der Waals surface area contributed by atoms with Crippen LogP contribution in [0.5, 0.6) is 5.75 Å². The Morgan fingerprint density at radius 2 is 2.00 bits per heavy atom. The highest BCUT2D eigenvalue weighted by atomic mass is 16.5. The molecule has 1 amide bonds. The summed E-state index contributed by atoms with van der Waals surface area (Å²) in [6.45, 7) is 7.25. The molecule has 0 spiro atoms. The molecule has 1 N–H and O–H groups in total. The number of aryl methyl sites for hydroxylation is 2. The molecule has 2 aromatic carbocycles. The summed E-state index contributed by atoms with van der Waals surface area (Å²) in [7, 11) is 0. The molecule has 0 aliphatic rings. The topological polar surface area (TPSA) is 62.1 Å². The molecule has 4 nitrogen and oxygen atoms in total. The van der Waals surface area contributed by atoms with Crippen molar-refractivity contribution in [2.24, 2.45) is 0 Å². The third kappa shape index (κ3) is 4.60. The number of nitriles is 1. The summed E-state index contributed by atoms with van der Waals surface area (Å²) in [5.41, 5.74) is 4.53. The summed E-state index contributed by atoms with van der Waals surface area (Å²) in [6, 6.07) is 12.9. The SMILES string of the molecule is Cc1cc(C)c(C)c(OCCCNC(=O)c2cccc(C#N)c2)c1. The second-order valence-electron chi connectivity index (χ2n) is 5.86. The van der Waals surface area contributed by atoms with Crippen LogP contribution in [0, 0.1) is 32.1 Å². The van der Waals surface area contributed by atoms with Crippen molar-refractivity contribution in [2.45, 2.75) is 27.2 Å². The van der Waals surface area contributed by atoms with Crippen LogP contribution in [0.3, 0.4) is 0 Å². The molecular weight excluding hydrogens is 300 g/mol. The molecule has 0 atom stereocenters. The van der Waals surface area contributed by atoms with Gasteiger partial charge in [-0.2, -0.15) is 5.26 Å². The Bertz CT molecular complexity index is 776. The number of hydrogen-bond acceptors (Lipinski definition) is 3. The van der Waals surface area contributed by atoms with E-state index in [1.54, 1.807) is 24.3 Å². The largest absolute Gasteiger partial charge is 0.493 e. The van der Waals surface area contributed by atoms with Crippen LogP contribution in [-0.4, -0.2) is 19.1 Å². The van der Waals surface area contributed by atoms with Crippen LogP contribution < -0.4 is 10.1 Å². The van der Waals surface area contributed by atoms with E-state index in [9.17, 15) is 4.79 Å². The van der Waals surface area contributed by atoms with Gasteiger partial charge >= 0.3 is 0 Å². The molecule has 0 aliphatic heterocycles. The average molecular weight is 322 g/mol. The molecule has 0 aromatic heterocycles. The van der Waals surface area contributed by atoms with Gasteiger partial charge in [-0.3, -0.25) is 4.79 Å². The van der Waals surface area contributed by atoms with Gasteiger partial charge in [0.25, 0.3) is 5.91 Å². The molecule has 24 heavy (non-hydrogen) atoms. The fourth-order valence-corrected chi connectivity index (χ4v) is 2.44. The van der Waals surface area contributed by atoms with Gasteiger partial charge in [0.05, 0.1) is 18.2 Å². The van der Waals surface area contributed by atoms with Gasteiger partial charge in [-0.05, 0) is 68.1 Å². The molecule has 2 aromatic rings. The van der Waals surface area contributed by atoms with E-state index in [0.29, 0.717) is 24.3 Å². The zero-order valence-corrected chi connectivity index (χ0v) is 14.3. The van der Waals surface area contributed by atoms with E-state index in [4.69, 9.17) is 10.00 Å². The first-order valence-electron chi connectivity index (χ1n) is 8.00. The number of nitrogens with one attached hydrogen (secondary N) is 1. The van der Waals surface area contributed by atoms with Gasteiger partial charge in [-0.15, -0.1) is 0 Å². The Morgan fingerprint density at radius 3 is 2.75 bits per heavy atom. The molecule has 0 radical (unpaired) electrons. The molecule has 0 saturated heterocycles. The van der Waals surface area contributed by atoms with Crippen LogP contribution in [0.25, 0.3) is 0 Å². The van der Waals surface area contributed by atoms with Crippen LogP contribution in [0.2, 0.25) is 0 Å². The van der Waals surface area contributed by atoms with E-state index < -0.39 is 0 Å². The highest BCUT2D eigenvalue weighted by Crippen LogP contribution is 2.23. The molecule has 0 aliphatic carbocycles. The zero-order valence-electron chi connectivity index (χ0n) is 14.3. The second kappa shape index (κ2) is 8.16. The lowest BCUT2D eigenvalue weighted by Gasteiger charge is -2.12. The number of ether oxygens (including phenoxy) is 1. The minimum absolute atomic E-state index is 0.172. The smallest absolute Gasteiger partial charge is 0.251 e. The lowest BCUT2D eigenvalue weighted by atomic mass is 10.1. The predicted octanol–water partition coefficient (Wildman–Crippen LogP) is 3.68. The fraction of sp³-hybridized carbons (Fsp3) is 0.300. The maximum Gasteiger partial charge on any atom is 0.251 e. The molecule has 4 heteroatoms. The van der Waals surface area contributed by atoms with Gasteiger partial charge in [0.2, 0.25) is 0 Å². The maximum atomic E-state index is 12.0. The average Bonchev–Trinajstić information content (AvgIpc) is 2.58. The lowest BCUT2D eigenvalue weighted by Crippen LogP contribution is -2.25. The van der Waals surface area contributed by atoms with Crippen LogP contribution in [0.15, 0.2) is 36.4 Å². The Balaban J connectivity index is 1.79. The van der Waals surface area contributed by atoms with Crippen LogP contribution >= 0.6 is 0 Å². The Labute approximate surface area is 143 Å². The number of amides is 1. The van der Waals surface area contributed by atoms with Crippen LogP contribution in [0.1, 0.15) is 39.0 Å². The molecule has 0 heterocycles. The number of rotatable bonds is 6. The van der Waals surface area contributed by atoms with Crippen molar-refractivity contribution in [3.63, 3.8) is 0 Å². The molecule has 0 saturated carbocycles. The Hall–Kier alpha value is -2.80. The van der Waals surface area contributed by atoms with Crippen molar-refractivity contribution < 1.29 is 9.53 Å². The van der Waals surface area contributed by atoms with E-state index in [1.807, 2.05) is 19.1 Å². The predicted molar refractivity (Wildman–Crippen MR) is 94.3 cm³/mol. The van der Waals surface area contributed by atoms with E-state index in [2.05, 4.69) is 25.2 Å². The Kier molecular flexibility index (Phi) is 5.97. The lowest BCUT2D eigenvalue weighted by molar-refractivity contribution is 0.0951. The molecule has 0 bridgehead atoms. The summed E-state index contributed by atoms with van der Waals surface area (Å²) < 4.78 is 5.83. The second-order valence-corrected chi connectivity index (χ2v) is 5.86. The number of benzene rings is 2. The number of nitrogens with zero attached hydrogens (tertiary/aromatic N) is 1. The minimum atomic E-state index is -0.172. The monoisotopic (exact) mass is 322 g/mol. The number of carbonyl (C=O) groups is 1. The van der Waals surface area contributed by atoms with Gasteiger partial charge in [-0.25, -0.2) is 0 Å². The summed E-state index contributed by atoms with van der Waals surface area (Å²) in [5, 5.41) is 11.7. The van der Waals surface area contributed by atoms with E-state index >= 15 is 0 Å². The molecule has 0 fully saturated rings. The minimum Gasteiger partial charge on any atom is -0.493 e. The van der Waals surface area contributed by atoms with E-state index in [0.717, 1.165) is 17.7 Å². The number of hydrogen-bond donors (Lipinski definition) is 1. The fourth-order valence-electron chi connectivity index (χ4n) is 2.44. The van der Waals surface area contributed by atoms with E-state index in [1.165, 1.54) is 11.1 Å². The Morgan fingerprint density at radius 1 is 1.21 bits per heavy atom. The van der Waals surface area contributed by atoms with Gasteiger partial charge < -0.3 is 10.1 Å². The van der Waals surface area contributed by atoms with Gasteiger partial charge in [0.15, 0.2) is 0 Å². The molecule has 2 rings (SSSR count).